The predicted octanol–water partition coefficient (Wildman–Crippen LogP) is 0.555. The molecular formula is C7H6AsNS. The number of rotatable bonds is 0. The van der Waals surface area contributed by atoms with Crippen LogP contribution in [-0.4, -0.2) is 21.8 Å². The minimum absolute atomic E-state index is 1.15. The summed E-state index contributed by atoms with van der Waals surface area (Å²) >= 11 is 3.39. The standard InChI is InChI=1S/C7H6AsNS/c8-6-4-10-7-5(6)2-1-3-9-7/h1-4H,8H2. The van der Waals surface area contributed by atoms with E-state index < -0.39 is 0 Å². The van der Waals surface area contributed by atoms with Crippen molar-refractivity contribution in [2.45, 2.75) is 0 Å². The van der Waals surface area contributed by atoms with Gasteiger partial charge in [0.2, 0.25) is 0 Å². The first-order valence-corrected chi connectivity index (χ1v) is 5.05. The van der Waals surface area contributed by atoms with E-state index in [1.165, 1.54) is 9.74 Å². The van der Waals surface area contributed by atoms with Gasteiger partial charge in [-0.3, -0.25) is 0 Å². The molecule has 0 spiro atoms. The number of hydrogen-bond donors (Lipinski definition) is 0. The minimum atomic E-state index is 1.15. The number of aromatic nitrogens is 1. The second-order valence-corrected chi connectivity index (χ2v) is 4.21. The fourth-order valence-electron chi connectivity index (χ4n) is 0.887. The van der Waals surface area contributed by atoms with Gasteiger partial charge in [-0.05, 0) is 0 Å². The average molecular weight is 211 g/mol. The Balaban J connectivity index is 2.93. The molecule has 0 bridgehead atoms. The van der Waals surface area contributed by atoms with Crippen LogP contribution in [0, 0.1) is 0 Å². The Bertz CT molecular complexity index is 355. The molecule has 2 heterocycles. The van der Waals surface area contributed by atoms with E-state index in [9.17, 15) is 0 Å². The van der Waals surface area contributed by atoms with Gasteiger partial charge in [-0.2, -0.15) is 0 Å². The van der Waals surface area contributed by atoms with Crippen LogP contribution in [0.15, 0.2) is 23.7 Å². The number of fused-ring (bicyclic) bond motifs is 1. The third kappa shape index (κ3) is 0.881. The van der Waals surface area contributed by atoms with Gasteiger partial charge >= 0.3 is 71.5 Å². The second kappa shape index (κ2) is 2.37. The van der Waals surface area contributed by atoms with Crippen LogP contribution >= 0.6 is 11.3 Å². The van der Waals surface area contributed by atoms with Crippen molar-refractivity contribution >= 4 is 42.8 Å². The molecule has 1 nitrogen and oxygen atoms in total. The Morgan fingerprint density at radius 2 is 2.40 bits per heavy atom. The molecule has 3 heteroatoms. The van der Waals surface area contributed by atoms with E-state index >= 15 is 0 Å². The Labute approximate surface area is 71.6 Å². The third-order valence-electron chi connectivity index (χ3n) is 1.38. The fourth-order valence-corrected chi connectivity index (χ4v) is 2.82. The molecule has 1 atom stereocenters. The third-order valence-corrected chi connectivity index (χ3v) is 3.81. The quantitative estimate of drug-likeness (QED) is 0.580. The Kier molecular flexibility index (Phi) is 1.51. The predicted molar refractivity (Wildman–Crippen MR) is 47.8 cm³/mol. The zero-order valence-electron chi connectivity index (χ0n) is 5.24. The average Bonchev–Trinajstić information content (AvgIpc) is 2.34. The van der Waals surface area contributed by atoms with E-state index in [4.69, 9.17) is 0 Å². The monoisotopic (exact) mass is 211 g/mol. The van der Waals surface area contributed by atoms with E-state index in [0.717, 1.165) is 4.83 Å². The maximum absolute atomic E-state index is 4.23. The van der Waals surface area contributed by atoms with Crippen LogP contribution in [0.2, 0.25) is 0 Å². The van der Waals surface area contributed by atoms with Crippen LogP contribution in [0.25, 0.3) is 10.2 Å². The normalized spacial score (nSPS) is 10.5. The molecule has 2 aromatic rings. The molecule has 50 valence electrons. The molecule has 10 heavy (non-hydrogen) atoms. The Morgan fingerprint density at radius 1 is 1.50 bits per heavy atom. The zero-order chi connectivity index (χ0) is 6.97. The molecule has 0 saturated carbocycles. The van der Waals surface area contributed by atoms with Crippen LogP contribution in [0.5, 0.6) is 0 Å². The fraction of sp³-hybridized carbons (Fsp3) is 0. The van der Waals surface area contributed by atoms with E-state index in [0.29, 0.717) is 0 Å². The van der Waals surface area contributed by atoms with Crippen molar-refractivity contribution in [3.8, 4) is 0 Å². The molecular weight excluding hydrogens is 205 g/mol. The van der Waals surface area contributed by atoms with Gasteiger partial charge in [-0.25, -0.2) is 0 Å². The van der Waals surface area contributed by atoms with Crippen LogP contribution in [0.1, 0.15) is 0 Å². The van der Waals surface area contributed by atoms with Crippen molar-refractivity contribution in [1.82, 2.24) is 4.98 Å². The first kappa shape index (κ1) is 6.38. The SMILES string of the molecule is [AsH2]c1csc2ncccc12. The van der Waals surface area contributed by atoms with Crippen LogP contribution in [0.3, 0.4) is 0 Å². The summed E-state index contributed by atoms with van der Waals surface area (Å²) in [6.45, 7) is 0. The molecule has 0 aliphatic rings. The zero-order valence-corrected chi connectivity index (χ0v) is 8.48. The first-order valence-electron chi connectivity index (χ1n) is 2.95. The topological polar surface area (TPSA) is 12.9 Å². The second-order valence-electron chi connectivity index (χ2n) is 2.05. The van der Waals surface area contributed by atoms with Crippen molar-refractivity contribution < 1.29 is 0 Å². The van der Waals surface area contributed by atoms with E-state index in [1.807, 2.05) is 12.3 Å². The summed E-state index contributed by atoms with van der Waals surface area (Å²) in [5.41, 5.74) is 0. The van der Waals surface area contributed by atoms with Crippen LogP contribution in [0.4, 0.5) is 0 Å². The molecule has 0 amide bonds. The summed E-state index contributed by atoms with van der Waals surface area (Å²) in [7, 11) is 0. The Morgan fingerprint density at radius 3 is 3.20 bits per heavy atom. The van der Waals surface area contributed by atoms with Crippen molar-refractivity contribution in [3.63, 3.8) is 0 Å². The molecule has 0 aromatic carbocycles. The molecule has 1 unspecified atom stereocenters. The molecule has 0 radical (unpaired) electrons. The summed E-state index contributed by atoms with van der Waals surface area (Å²) in [5, 5.41) is 3.48. The van der Waals surface area contributed by atoms with E-state index in [1.54, 1.807) is 28.2 Å². The van der Waals surface area contributed by atoms with Crippen LogP contribution < -0.4 is 4.35 Å². The maximum atomic E-state index is 4.23. The number of pyridine rings is 1. The summed E-state index contributed by atoms with van der Waals surface area (Å²) in [4.78, 5) is 5.39. The molecule has 0 aliphatic heterocycles. The summed E-state index contributed by atoms with van der Waals surface area (Å²) in [6.07, 6.45) is 1.84. The van der Waals surface area contributed by atoms with Crippen molar-refractivity contribution in [1.29, 1.82) is 0 Å². The molecule has 2 rings (SSSR count). The number of thiophene rings is 1. The van der Waals surface area contributed by atoms with Gasteiger partial charge in [0.15, 0.2) is 0 Å². The van der Waals surface area contributed by atoms with Crippen molar-refractivity contribution in [2.24, 2.45) is 0 Å². The first-order chi connectivity index (χ1) is 4.88. The molecule has 0 aliphatic carbocycles. The van der Waals surface area contributed by atoms with Crippen molar-refractivity contribution in [3.05, 3.63) is 23.7 Å². The van der Waals surface area contributed by atoms with Gasteiger partial charge in [0.25, 0.3) is 0 Å². The summed E-state index contributed by atoms with van der Waals surface area (Å²) < 4.78 is 1.39. The molecule has 0 saturated heterocycles. The van der Waals surface area contributed by atoms with E-state index in [2.05, 4.69) is 16.4 Å². The van der Waals surface area contributed by atoms with Gasteiger partial charge in [0.1, 0.15) is 0 Å². The molecule has 0 N–H and O–H groups in total. The van der Waals surface area contributed by atoms with Crippen LogP contribution in [-0.2, 0) is 0 Å². The molecule has 2 aromatic heterocycles. The molecule has 0 fully saturated rings. The number of nitrogens with zero attached hydrogens (tertiary/aromatic N) is 1. The summed E-state index contributed by atoms with van der Waals surface area (Å²) in [6, 6.07) is 4.11. The van der Waals surface area contributed by atoms with Gasteiger partial charge in [0.05, 0.1) is 0 Å². The summed E-state index contributed by atoms with van der Waals surface area (Å²) in [5.74, 6) is 0. The van der Waals surface area contributed by atoms with E-state index in [-0.39, 0.29) is 0 Å². The van der Waals surface area contributed by atoms with Gasteiger partial charge in [-0.15, -0.1) is 0 Å². The van der Waals surface area contributed by atoms with Gasteiger partial charge < -0.3 is 0 Å². The van der Waals surface area contributed by atoms with Crippen molar-refractivity contribution in [2.75, 3.05) is 0 Å². The van der Waals surface area contributed by atoms with Gasteiger partial charge in [-0.1, -0.05) is 0 Å². The van der Waals surface area contributed by atoms with Gasteiger partial charge in [0, 0.05) is 0 Å². The number of hydrogen-bond acceptors (Lipinski definition) is 2. The Hall–Kier alpha value is -0.332.